The van der Waals surface area contributed by atoms with Crippen molar-refractivity contribution in [2.24, 2.45) is 0 Å². The molecule has 0 amide bonds. The summed E-state index contributed by atoms with van der Waals surface area (Å²) in [6, 6.07) is 6.53. The van der Waals surface area contributed by atoms with E-state index in [1.807, 2.05) is 18.2 Å². The molecule has 1 heterocycles. The largest absolute Gasteiger partial charge is 0.311 e. The molecule has 1 saturated heterocycles. The summed E-state index contributed by atoms with van der Waals surface area (Å²) in [5, 5.41) is 8.12. The van der Waals surface area contributed by atoms with Crippen LogP contribution < -0.4 is 10.6 Å². The van der Waals surface area contributed by atoms with Crippen LogP contribution in [0, 0.1) is 0 Å². The summed E-state index contributed by atoms with van der Waals surface area (Å²) in [7, 11) is 0. The quantitative estimate of drug-likeness (QED) is 0.794. The molecule has 0 radical (unpaired) electrons. The first-order chi connectivity index (χ1) is 7.18. The Bertz CT molecular complexity index is 354. The Labute approximate surface area is 100.0 Å². The molecular weight excluding hydrogens is 231 g/mol. The number of halogens is 2. The summed E-state index contributed by atoms with van der Waals surface area (Å²) in [5.41, 5.74) is 1.18. The van der Waals surface area contributed by atoms with Crippen molar-refractivity contribution in [3.63, 3.8) is 0 Å². The zero-order valence-electron chi connectivity index (χ0n) is 8.56. The molecule has 1 fully saturated rings. The summed E-state index contributed by atoms with van der Waals surface area (Å²) in [4.78, 5) is 0. The van der Waals surface area contributed by atoms with E-state index in [2.05, 4.69) is 17.6 Å². The molecule has 1 aliphatic rings. The molecule has 2 rings (SSSR count). The maximum Gasteiger partial charge on any atom is 0.0595 e. The van der Waals surface area contributed by atoms with Gasteiger partial charge in [-0.05, 0) is 24.6 Å². The molecule has 0 saturated carbocycles. The highest BCUT2D eigenvalue weighted by Gasteiger charge is 2.22. The summed E-state index contributed by atoms with van der Waals surface area (Å²) in [6.07, 6.45) is 0. The van der Waals surface area contributed by atoms with Crippen LogP contribution in [0.2, 0.25) is 10.0 Å². The van der Waals surface area contributed by atoms with Gasteiger partial charge >= 0.3 is 0 Å². The Balaban J connectivity index is 2.24. The number of hydrogen-bond donors (Lipinski definition) is 2. The Hall–Kier alpha value is -0.280. The Morgan fingerprint density at radius 1 is 1.13 bits per heavy atom. The molecule has 2 atom stereocenters. The molecule has 1 aliphatic heterocycles. The van der Waals surface area contributed by atoms with Gasteiger partial charge in [0.1, 0.15) is 0 Å². The van der Waals surface area contributed by atoms with E-state index in [0.717, 1.165) is 13.1 Å². The second-order valence-corrected chi connectivity index (χ2v) is 4.66. The van der Waals surface area contributed by atoms with Crippen molar-refractivity contribution >= 4 is 23.2 Å². The molecule has 1 aromatic carbocycles. The zero-order valence-corrected chi connectivity index (χ0v) is 10.1. The van der Waals surface area contributed by atoms with E-state index in [0.29, 0.717) is 22.1 Å². The molecule has 0 aromatic heterocycles. The summed E-state index contributed by atoms with van der Waals surface area (Å²) in [5.74, 6) is 0. The van der Waals surface area contributed by atoms with Gasteiger partial charge in [0.25, 0.3) is 0 Å². The minimum atomic E-state index is 0.313. The monoisotopic (exact) mass is 244 g/mol. The van der Waals surface area contributed by atoms with Crippen LogP contribution >= 0.6 is 23.2 Å². The van der Waals surface area contributed by atoms with Gasteiger partial charge in [0.2, 0.25) is 0 Å². The first-order valence-electron chi connectivity index (χ1n) is 5.10. The number of piperazine rings is 1. The molecular formula is C11H14Cl2N2. The fourth-order valence-corrected chi connectivity index (χ4v) is 2.24. The van der Waals surface area contributed by atoms with Crippen molar-refractivity contribution in [2.75, 3.05) is 13.1 Å². The van der Waals surface area contributed by atoms with Crippen molar-refractivity contribution in [1.82, 2.24) is 10.6 Å². The first-order valence-corrected chi connectivity index (χ1v) is 5.86. The molecule has 15 heavy (non-hydrogen) atoms. The Morgan fingerprint density at radius 2 is 1.87 bits per heavy atom. The highest BCUT2D eigenvalue weighted by molar-refractivity contribution is 6.42. The first kappa shape index (κ1) is 11.2. The van der Waals surface area contributed by atoms with E-state index >= 15 is 0 Å². The van der Waals surface area contributed by atoms with E-state index in [9.17, 15) is 0 Å². The fraction of sp³-hybridized carbons (Fsp3) is 0.455. The zero-order chi connectivity index (χ0) is 10.8. The van der Waals surface area contributed by atoms with Gasteiger partial charge in [-0.25, -0.2) is 0 Å². The highest BCUT2D eigenvalue weighted by Crippen LogP contribution is 2.27. The van der Waals surface area contributed by atoms with Crippen molar-refractivity contribution in [2.45, 2.75) is 19.0 Å². The summed E-state index contributed by atoms with van der Waals surface area (Å²) in [6.45, 7) is 4.16. The van der Waals surface area contributed by atoms with Crippen molar-refractivity contribution in [1.29, 1.82) is 0 Å². The van der Waals surface area contributed by atoms with Crippen LogP contribution in [0.1, 0.15) is 18.5 Å². The van der Waals surface area contributed by atoms with E-state index in [1.165, 1.54) is 5.56 Å². The molecule has 4 heteroatoms. The minimum Gasteiger partial charge on any atom is -0.311 e. The van der Waals surface area contributed by atoms with Gasteiger partial charge in [-0.15, -0.1) is 0 Å². The van der Waals surface area contributed by atoms with Gasteiger partial charge in [0.15, 0.2) is 0 Å². The third-order valence-corrected chi connectivity index (χ3v) is 3.50. The summed E-state index contributed by atoms with van der Waals surface area (Å²) >= 11 is 11.9. The number of rotatable bonds is 1. The van der Waals surface area contributed by atoms with E-state index in [4.69, 9.17) is 23.2 Å². The maximum atomic E-state index is 6.00. The van der Waals surface area contributed by atoms with Crippen LogP contribution in [0.3, 0.4) is 0 Å². The molecule has 2 unspecified atom stereocenters. The van der Waals surface area contributed by atoms with Gasteiger partial charge < -0.3 is 10.6 Å². The fourth-order valence-electron chi connectivity index (χ4n) is 1.93. The highest BCUT2D eigenvalue weighted by atomic mass is 35.5. The molecule has 2 N–H and O–H groups in total. The summed E-state index contributed by atoms with van der Waals surface area (Å²) < 4.78 is 0. The molecule has 0 spiro atoms. The van der Waals surface area contributed by atoms with Crippen molar-refractivity contribution in [3.8, 4) is 0 Å². The molecule has 0 bridgehead atoms. The number of hydrogen-bond acceptors (Lipinski definition) is 2. The SMILES string of the molecule is CC1NCCNC1c1ccc(Cl)c(Cl)c1. The molecule has 82 valence electrons. The smallest absolute Gasteiger partial charge is 0.0595 e. The van der Waals surface area contributed by atoms with Gasteiger partial charge in [-0.2, -0.15) is 0 Å². The third kappa shape index (κ3) is 2.45. The topological polar surface area (TPSA) is 24.1 Å². The Morgan fingerprint density at radius 3 is 2.53 bits per heavy atom. The average molecular weight is 245 g/mol. The normalized spacial score (nSPS) is 26.6. The standard InChI is InChI=1S/C11H14Cl2N2/c1-7-11(15-5-4-14-7)8-2-3-9(12)10(13)6-8/h2-3,6-7,11,14-15H,4-5H2,1H3. The van der Waals surface area contributed by atoms with Crippen LogP contribution in [-0.2, 0) is 0 Å². The van der Waals surface area contributed by atoms with Crippen LogP contribution in [0.25, 0.3) is 0 Å². The predicted molar refractivity (Wildman–Crippen MR) is 64.7 cm³/mol. The second kappa shape index (κ2) is 4.71. The second-order valence-electron chi connectivity index (χ2n) is 3.85. The Kier molecular flexibility index (Phi) is 3.52. The van der Waals surface area contributed by atoms with Crippen LogP contribution in [0.4, 0.5) is 0 Å². The van der Waals surface area contributed by atoms with Crippen LogP contribution in [0.15, 0.2) is 18.2 Å². The van der Waals surface area contributed by atoms with Gasteiger partial charge in [-0.3, -0.25) is 0 Å². The van der Waals surface area contributed by atoms with Crippen molar-refractivity contribution in [3.05, 3.63) is 33.8 Å². The van der Waals surface area contributed by atoms with E-state index < -0.39 is 0 Å². The lowest BCUT2D eigenvalue weighted by Gasteiger charge is -2.31. The van der Waals surface area contributed by atoms with Gasteiger partial charge in [-0.1, -0.05) is 29.3 Å². The molecule has 0 aliphatic carbocycles. The van der Waals surface area contributed by atoms with Gasteiger partial charge in [0, 0.05) is 25.2 Å². The van der Waals surface area contributed by atoms with Gasteiger partial charge in [0.05, 0.1) is 10.0 Å². The number of nitrogens with one attached hydrogen (secondary N) is 2. The molecule has 1 aromatic rings. The van der Waals surface area contributed by atoms with Crippen LogP contribution in [-0.4, -0.2) is 19.1 Å². The maximum absolute atomic E-state index is 6.00. The van der Waals surface area contributed by atoms with Crippen LogP contribution in [0.5, 0.6) is 0 Å². The lowest BCUT2D eigenvalue weighted by molar-refractivity contribution is 0.345. The lowest BCUT2D eigenvalue weighted by Crippen LogP contribution is -2.48. The van der Waals surface area contributed by atoms with E-state index in [1.54, 1.807) is 0 Å². The van der Waals surface area contributed by atoms with E-state index in [-0.39, 0.29) is 0 Å². The number of benzene rings is 1. The van der Waals surface area contributed by atoms with Crippen molar-refractivity contribution < 1.29 is 0 Å². The lowest BCUT2D eigenvalue weighted by atomic mass is 9.99. The predicted octanol–water partition coefficient (Wildman–Crippen LogP) is 2.62. The molecule has 2 nitrogen and oxygen atoms in total. The average Bonchev–Trinajstić information content (AvgIpc) is 2.23. The third-order valence-electron chi connectivity index (χ3n) is 2.76. The minimum absolute atomic E-state index is 0.313.